The van der Waals surface area contributed by atoms with Gasteiger partial charge in [0.25, 0.3) is 0 Å². The van der Waals surface area contributed by atoms with Gasteiger partial charge in [-0.15, -0.1) is 0 Å². The summed E-state index contributed by atoms with van der Waals surface area (Å²) in [5.74, 6) is -0.933. The zero-order chi connectivity index (χ0) is 23.3. The number of aromatic carboxylic acids is 1. The molecule has 0 amide bonds. The second-order valence-electron chi connectivity index (χ2n) is 6.48. The van der Waals surface area contributed by atoms with E-state index in [1.807, 2.05) is 6.26 Å². The highest BCUT2D eigenvalue weighted by Gasteiger charge is 2.35. The van der Waals surface area contributed by atoms with E-state index in [4.69, 9.17) is 5.11 Å². The lowest BCUT2D eigenvalue weighted by Gasteiger charge is -2.19. The van der Waals surface area contributed by atoms with E-state index in [2.05, 4.69) is 25.6 Å². The predicted octanol–water partition coefficient (Wildman–Crippen LogP) is 4.66. The maximum Gasteiger partial charge on any atom is 0.421 e. The number of anilines is 4. The summed E-state index contributed by atoms with van der Waals surface area (Å²) in [4.78, 5) is 23.0. The van der Waals surface area contributed by atoms with Gasteiger partial charge in [-0.2, -0.15) is 18.2 Å². The first kappa shape index (κ1) is 23.1. The van der Waals surface area contributed by atoms with Crippen molar-refractivity contribution < 1.29 is 23.1 Å². The van der Waals surface area contributed by atoms with Crippen LogP contribution in [0, 0.1) is 0 Å². The lowest BCUT2D eigenvalue weighted by atomic mass is 10.2. The van der Waals surface area contributed by atoms with Gasteiger partial charge in [-0.25, -0.2) is 14.8 Å². The Morgan fingerprint density at radius 2 is 1.91 bits per heavy atom. The summed E-state index contributed by atoms with van der Waals surface area (Å²) in [5, 5.41) is 14.5. The molecule has 0 unspecified atom stereocenters. The van der Waals surface area contributed by atoms with Crippen molar-refractivity contribution in [2.75, 3.05) is 28.2 Å². The van der Waals surface area contributed by atoms with Crippen molar-refractivity contribution in [3.63, 3.8) is 0 Å². The van der Waals surface area contributed by atoms with Gasteiger partial charge in [-0.1, -0.05) is 18.0 Å². The minimum Gasteiger partial charge on any atom is -0.478 e. The van der Waals surface area contributed by atoms with Crippen LogP contribution in [0.1, 0.15) is 21.5 Å². The van der Waals surface area contributed by atoms with E-state index < -0.39 is 23.5 Å². The molecule has 0 aliphatic heterocycles. The van der Waals surface area contributed by atoms with Crippen molar-refractivity contribution in [2.45, 2.75) is 12.7 Å². The first-order chi connectivity index (χ1) is 15.2. The summed E-state index contributed by atoms with van der Waals surface area (Å²) >= 11 is 1.42. The third kappa shape index (κ3) is 5.58. The molecular weight excluding hydrogens is 445 g/mol. The van der Waals surface area contributed by atoms with E-state index in [0.29, 0.717) is 23.3 Å². The maximum absolute atomic E-state index is 13.5. The Bertz CT molecular complexity index is 1100. The third-order valence-corrected chi connectivity index (χ3v) is 5.09. The van der Waals surface area contributed by atoms with Crippen LogP contribution in [0.4, 0.5) is 36.4 Å². The van der Waals surface area contributed by atoms with Crippen molar-refractivity contribution in [3.05, 3.63) is 65.5 Å². The number of benzene rings is 1. The molecule has 1 aromatic carbocycles. The molecule has 0 bridgehead atoms. The molecule has 8 nitrogen and oxygen atoms in total. The highest BCUT2D eigenvalue weighted by molar-refractivity contribution is 7.99. The zero-order valence-corrected chi connectivity index (χ0v) is 17.8. The van der Waals surface area contributed by atoms with Crippen LogP contribution < -0.4 is 14.9 Å². The van der Waals surface area contributed by atoms with Gasteiger partial charge >= 0.3 is 12.1 Å². The molecule has 0 aliphatic rings. The Labute approximate surface area is 186 Å². The summed E-state index contributed by atoms with van der Waals surface area (Å²) in [6.45, 7) is 0.0565. The van der Waals surface area contributed by atoms with Crippen LogP contribution in [-0.4, -0.2) is 39.3 Å². The average Bonchev–Trinajstić information content (AvgIpc) is 2.77. The molecule has 2 heterocycles. The minimum atomic E-state index is -4.65. The van der Waals surface area contributed by atoms with E-state index >= 15 is 0 Å². The Hall–Kier alpha value is -3.54. The average molecular weight is 464 g/mol. The topological polar surface area (TPSA) is 103 Å². The van der Waals surface area contributed by atoms with Crippen molar-refractivity contribution in [1.82, 2.24) is 15.0 Å². The van der Waals surface area contributed by atoms with E-state index in [9.17, 15) is 18.0 Å². The highest BCUT2D eigenvalue weighted by Crippen LogP contribution is 2.34. The van der Waals surface area contributed by atoms with Crippen molar-refractivity contribution >= 4 is 41.2 Å². The second kappa shape index (κ2) is 9.73. The number of aromatic nitrogens is 3. The Morgan fingerprint density at radius 1 is 1.19 bits per heavy atom. The summed E-state index contributed by atoms with van der Waals surface area (Å²) < 4.78 is 42.3. The number of hydrogen-bond donors (Lipinski definition) is 3. The monoisotopic (exact) mass is 464 g/mol. The Balaban J connectivity index is 1.86. The first-order valence-electron chi connectivity index (χ1n) is 9.19. The van der Waals surface area contributed by atoms with Crippen molar-refractivity contribution in [1.29, 1.82) is 0 Å². The first-order valence-corrected chi connectivity index (χ1v) is 10.4. The van der Waals surface area contributed by atoms with Gasteiger partial charge in [0.15, 0.2) is 0 Å². The fourth-order valence-electron chi connectivity index (χ4n) is 2.73. The molecule has 3 rings (SSSR count). The number of pyridine rings is 1. The van der Waals surface area contributed by atoms with Gasteiger partial charge in [0.2, 0.25) is 5.95 Å². The highest BCUT2D eigenvalue weighted by atomic mass is 32.2. The van der Waals surface area contributed by atoms with Crippen molar-refractivity contribution in [3.8, 4) is 0 Å². The maximum atomic E-state index is 13.5. The van der Waals surface area contributed by atoms with Crippen LogP contribution in [0.25, 0.3) is 0 Å². The molecule has 0 aliphatic carbocycles. The number of nitrogens with zero attached hydrogens (tertiary/aromatic N) is 4. The van der Waals surface area contributed by atoms with Crippen molar-refractivity contribution in [2.24, 2.45) is 0 Å². The summed E-state index contributed by atoms with van der Waals surface area (Å²) in [6.07, 6.45) is -0.493. The lowest BCUT2D eigenvalue weighted by Crippen LogP contribution is -2.16. The van der Waals surface area contributed by atoms with E-state index in [1.54, 1.807) is 29.7 Å². The van der Waals surface area contributed by atoms with Gasteiger partial charge in [0.05, 0.1) is 5.56 Å². The molecule has 0 saturated carbocycles. The molecule has 3 N–H and O–H groups in total. The smallest absolute Gasteiger partial charge is 0.421 e. The molecule has 168 valence electrons. The van der Waals surface area contributed by atoms with E-state index in [1.165, 1.54) is 36.2 Å². The number of carbonyl (C=O) groups is 1. The van der Waals surface area contributed by atoms with Gasteiger partial charge in [-0.3, -0.25) is 0 Å². The minimum absolute atomic E-state index is 0.0565. The molecular formula is C20H19F3N6O2S. The number of carboxylic acids is 1. The fourth-order valence-corrected chi connectivity index (χ4v) is 3.06. The van der Waals surface area contributed by atoms with E-state index in [-0.39, 0.29) is 18.1 Å². The van der Waals surface area contributed by atoms with Crippen LogP contribution in [-0.2, 0) is 12.7 Å². The molecule has 0 radical (unpaired) electrons. The van der Waals surface area contributed by atoms with E-state index in [0.717, 1.165) is 0 Å². The zero-order valence-electron chi connectivity index (χ0n) is 17.0. The van der Waals surface area contributed by atoms with Crippen LogP contribution in [0.3, 0.4) is 0 Å². The van der Waals surface area contributed by atoms with Crippen LogP contribution in [0.15, 0.2) is 48.8 Å². The molecule has 32 heavy (non-hydrogen) atoms. The number of rotatable bonds is 8. The number of carboxylic acid groups (broad SMARTS) is 1. The lowest BCUT2D eigenvalue weighted by molar-refractivity contribution is -0.137. The Kier molecular flexibility index (Phi) is 7.03. The largest absolute Gasteiger partial charge is 0.478 e. The standard InChI is InChI=1S/C20H19F3N6O2S/c1-29(32-2)17-13(4-3-9-24-17)10-25-16-15(20(21,22)23)11-26-19(28-16)27-14-7-5-12(6-8-14)18(30)31/h3-9,11H,10H2,1-2H3,(H,30,31)(H2,25,26,27,28). The SMILES string of the molecule is CSN(C)c1ncccc1CNc1nc(Nc2ccc(C(=O)O)cc2)ncc1C(F)(F)F. The molecule has 12 heteroatoms. The van der Waals surface area contributed by atoms with Crippen LogP contribution in [0.5, 0.6) is 0 Å². The molecule has 0 atom stereocenters. The van der Waals surface area contributed by atoms with Gasteiger partial charge in [0, 0.05) is 43.5 Å². The molecule has 0 saturated heterocycles. The molecule has 0 spiro atoms. The molecule has 3 aromatic rings. The van der Waals surface area contributed by atoms with Gasteiger partial charge in [-0.05, 0) is 30.3 Å². The quantitative estimate of drug-likeness (QED) is 0.411. The van der Waals surface area contributed by atoms with Crippen LogP contribution in [0.2, 0.25) is 0 Å². The number of hydrogen-bond acceptors (Lipinski definition) is 8. The van der Waals surface area contributed by atoms with Crippen LogP contribution >= 0.6 is 11.9 Å². The third-order valence-electron chi connectivity index (χ3n) is 4.37. The fraction of sp³-hybridized carbons (Fsp3) is 0.200. The number of alkyl halides is 3. The summed E-state index contributed by atoms with van der Waals surface area (Å²) in [6, 6.07) is 9.13. The number of nitrogens with one attached hydrogen (secondary N) is 2. The normalized spacial score (nSPS) is 11.2. The predicted molar refractivity (Wildman–Crippen MR) is 117 cm³/mol. The second-order valence-corrected chi connectivity index (χ2v) is 7.39. The molecule has 2 aromatic heterocycles. The summed E-state index contributed by atoms with van der Waals surface area (Å²) in [5.41, 5.74) is 0.188. The van der Waals surface area contributed by atoms with Gasteiger partial charge < -0.3 is 20.0 Å². The number of halogens is 3. The molecule has 0 fully saturated rings. The van der Waals surface area contributed by atoms with Gasteiger partial charge in [0.1, 0.15) is 17.2 Å². The summed E-state index contributed by atoms with van der Waals surface area (Å²) in [7, 11) is 1.81. The Morgan fingerprint density at radius 3 is 2.53 bits per heavy atom.